The number of aryl methyl sites for hydroxylation is 2. The molecule has 0 radical (unpaired) electrons. The van der Waals surface area contributed by atoms with Crippen LogP contribution < -0.4 is 4.74 Å². The van der Waals surface area contributed by atoms with E-state index in [0.29, 0.717) is 0 Å². The van der Waals surface area contributed by atoms with Gasteiger partial charge in [-0.3, -0.25) is 0 Å². The SMILES string of the molecule is Cc1cc(C)c(C)c(C(Br)C2Cc3ccccc3O2)c1C. The summed E-state index contributed by atoms with van der Waals surface area (Å²) in [7, 11) is 0. The Kier molecular flexibility index (Phi) is 3.83. The third kappa shape index (κ3) is 2.50. The maximum Gasteiger partial charge on any atom is 0.123 e. The van der Waals surface area contributed by atoms with Gasteiger partial charge in [0, 0.05) is 6.42 Å². The lowest BCUT2D eigenvalue weighted by Gasteiger charge is -2.24. The summed E-state index contributed by atoms with van der Waals surface area (Å²) in [5.41, 5.74) is 8.16. The van der Waals surface area contributed by atoms with E-state index in [2.05, 4.69) is 67.9 Å². The minimum Gasteiger partial charge on any atom is -0.488 e. The summed E-state index contributed by atoms with van der Waals surface area (Å²) in [6, 6.07) is 10.6. The predicted octanol–water partition coefficient (Wildman–Crippen LogP) is 5.36. The number of rotatable bonds is 2. The Morgan fingerprint density at radius 1 is 1.05 bits per heavy atom. The zero-order chi connectivity index (χ0) is 15.1. The van der Waals surface area contributed by atoms with E-state index in [-0.39, 0.29) is 10.9 Å². The van der Waals surface area contributed by atoms with Crippen LogP contribution in [0.15, 0.2) is 30.3 Å². The third-order valence-electron chi connectivity index (χ3n) is 4.70. The van der Waals surface area contributed by atoms with E-state index >= 15 is 0 Å². The van der Waals surface area contributed by atoms with Gasteiger partial charge in [-0.25, -0.2) is 0 Å². The van der Waals surface area contributed by atoms with E-state index in [1.165, 1.54) is 33.4 Å². The molecule has 0 amide bonds. The highest BCUT2D eigenvalue weighted by Gasteiger charge is 2.31. The van der Waals surface area contributed by atoms with Crippen LogP contribution in [0.1, 0.15) is 38.2 Å². The normalized spacial score (nSPS) is 18.2. The van der Waals surface area contributed by atoms with Crippen molar-refractivity contribution in [1.82, 2.24) is 0 Å². The van der Waals surface area contributed by atoms with Crippen LogP contribution in [0.3, 0.4) is 0 Å². The van der Waals surface area contributed by atoms with Crippen molar-refractivity contribution < 1.29 is 4.74 Å². The number of hydrogen-bond donors (Lipinski definition) is 0. The number of hydrogen-bond acceptors (Lipinski definition) is 1. The van der Waals surface area contributed by atoms with E-state index in [9.17, 15) is 0 Å². The van der Waals surface area contributed by atoms with Gasteiger partial charge < -0.3 is 4.74 Å². The Bertz CT molecular complexity index is 639. The first-order chi connectivity index (χ1) is 9.99. The van der Waals surface area contributed by atoms with Crippen molar-refractivity contribution in [3.05, 3.63) is 63.7 Å². The lowest BCUT2D eigenvalue weighted by Crippen LogP contribution is -2.21. The molecule has 0 spiro atoms. The summed E-state index contributed by atoms with van der Waals surface area (Å²) in [6.45, 7) is 8.81. The number of alkyl halides is 1. The molecule has 3 rings (SSSR count). The third-order valence-corrected chi connectivity index (χ3v) is 5.75. The number of benzene rings is 2. The number of ether oxygens (including phenoxy) is 1. The van der Waals surface area contributed by atoms with Crippen molar-refractivity contribution in [2.45, 2.75) is 45.0 Å². The fourth-order valence-electron chi connectivity index (χ4n) is 3.22. The molecule has 0 N–H and O–H groups in total. The van der Waals surface area contributed by atoms with Crippen molar-refractivity contribution in [1.29, 1.82) is 0 Å². The van der Waals surface area contributed by atoms with Gasteiger partial charge in [0.2, 0.25) is 0 Å². The summed E-state index contributed by atoms with van der Waals surface area (Å²) in [4.78, 5) is 0.225. The van der Waals surface area contributed by atoms with Gasteiger partial charge in [-0.15, -0.1) is 0 Å². The quantitative estimate of drug-likeness (QED) is 0.666. The molecule has 0 saturated carbocycles. The zero-order valence-electron chi connectivity index (χ0n) is 13.0. The molecule has 2 heteroatoms. The summed E-state index contributed by atoms with van der Waals surface area (Å²) < 4.78 is 6.17. The lowest BCUT2D eigenvalue weighted by molar-refractivity contribution is 0.231. The standard InChI is InChI=1S/C19H21BrO/c1-11-9-12(2)14(4)18(13(11)3)19(20)17-10-15-7-5-6-8-16(15)21-17/h5-9,17,19H,10H2,1-4H3. The van der Waals surface area contributed by atoms with Gasteiger partial charge in [-0.1, -0.05) is 40.2 Å². The number of para-hydroxylation sites is 1. The second kappa shape index (κ2) is 5.49. The zero-order valence-corrected chi connectivity index (χ0v) is 14.6. The highest BCUT2D eigenvalue weighted by atomic mass is 79.9. The van der Waals surface area contributed by atoms with Crippen LogP contribution >= 0.6 is 15.9 Å². The van der Waals surface area contributed by atoms with Gasteiger partial charge in [0.05, 0.1) is 4.83 Å². The Morgan fingerprint density at radius 2 is 1.67 bits per heavy atom. The molecule has 0 saturated heterocycles. The summed E-state index contributed by atoms with van der Waals surface area (Å²) in [5, 5.41) is 0. The van der Waals surface area contributed by atoms with E-state index < -0.39 is 0 Å². The molecule has 1 nitrogen and oxygen atoms in total. The highest BCUT2D eigenvalue weighted by molar-refractivity contribution is 9.09. The van der Waals surface area contributed by atoms with Crippen LogP contribution in [0.5, 0.6) is 5.75 Å². The molecular formula is C19H21BrO. The maximum atomic E-state index is 6.17. The molecule has 1 aliphatic heterocycles. The highest BCUT2D eigenvalue weighted by Crippen LogP contribution is 2.41. The summed E-state index contributed by atoms with van der Waals surface area (Å²) >= 11 is 3.92. The molecule has 21 heavy (non-hydrogen) atoms. The Hall–Kier alpha value is -1.28. The van der Waals surface area contributed by atoms with Gasteiger partial charge in [0.1, 0.15) is 11.9 Å². The summed E-state index contributed by atoms with van der Waals surface area (Å²) in [6.07, 6.45) is 1.14. The Labute approximate surface area is 135 Å². The Balaban J connectivity index is 1.96. The van der Waals surface area contributed by atoms with Crippen LogP contribution in [0.2, 0.25) is 0 Å². The van der Waals surface area contributed by atoms with Crippen molar-refractivity contribution >= 4 is 15.9 Å². The minimum absolute atomic E-state index is 0.168. The first-order valence-corrected chi connectivity index (χ1v) is 8.36. The average Bonchev–Trinajstić information content (AvgIpc) is 2.89. The smallest absolute Gasteiger partial charge is 0.123 e. The molecule has 2 atom stereocenters. The van der Waals surface area contributed by atoms with Gasteiger partial charge in [-0.2, -0.15) is 0 Å². The predicted molar refractivity (Wildman–Crippen MR) is 91.6 cm³/mol. The molecule has 1 heterocycles. The second-order valence-corrected chi connectivity index (χ2v) is 7.03. The molecule has 0 fully saturated rings. The van der Waals surface area contributed by atoms with Crippen LogP contribution in [0, 0.1) is 27.7 Å². The van der Waals surface area contributed by atoms with Crippen molar-refractivity contribution in [3.8, 4) is 5.75 Å². The molecule has 2 aromatic carbocycles. The minimum atomic E-state index is 0.168. The van der Waals surface area contributed by atoms with E-state index in [1.54, 1.807) is 0 Å². The molecule has 0 aliphatic carbocycles. The molecular weight excluding hydrogens is 324 g/mol. The maximum absolute atomic E-state index is 6.17. The van der Waals surface area contributed by atoms with E-state index in [1.807, 2.05) is 6.07 Å². The van der Waals surface area contributed by atoms with Gasteiger partial charge >= 0.3 is 0 Å². The lowest BCUT2D eigenvalue weighted by atomic mass is 9.90. The van der Waals surface area contributed by atoms with E-state index in [4.69, 9.17) is 4.74 Å². The van der Waals surface area contributed by atoms with Gasteiger partial charge in [-0.05, 0) is 67.1 Å². The second-order valence-electron chi connectivity index (χ2n) is 6.04. The average molecular weight is 345 g/mol. The van der Waals surface area contributed by atoms with E-state index in [0.717, 1.165) is 12.2 Å². The molecule has 2 aromatic rings. The molecule has 0 aromatic heterocycles. The first kappa shape index (κ1) is 14.6. The van der Waals surface area contributed by atoms with Gasteiger partial charge in [0.15, 0.2) is 0 Å². The number of fused-ring (bicyclic) bond motifs is 1. The first-order valence-electron chi connectivity index (χ1n) is 7.45. The molecule has 110 valence electrons. The number of halogens is 1. The monoisotopic (exact) mass is 344 g/mol. The van der Waals surface area contributed by atoms with Crippen LogP contribution in [-0.4, -0.2) is 6.10 Å². The molecule has 2 unspecified atom stereocenters. The van der Waals surface area contributed by atoms with Crippen LogP contribution in [0.4, 0.5) is 0 Å². The topological polar surface area (TPSA) is 9.23 Å². The molecule has 0 bridgehead atoms. The Morgan fingerprint density at radius 3 is 2.29 bits per heavy atom. The van der Waals surface area contributed by atoms with Gasteiger partial charge in [0.25, 0.3) is 0 Å². The summed E-state index contributed by atoms with van der Waals surface area (Å²) in [5.74, 6) is 1.03. The fourth-order valence-corrected chi connectivity index (χ4v) is 4.20. The fraction of sp³-hybridized carbons (Fsp3) is 0.368. The largest absolute Gasteiger partial charge is 0.488 e. The van der Waals surface area contributed by atoms with Crippen molar-refractivity contribution in [2.75, 3.05) is 0 Å². The van der Waals surface area contributed by atoms with Crippen LogP contribution in [0.25, 0.3) is 0 Å². The van der Waals surface area contributed by atoms with Crippen molar-refractivity contribution in [2.24, 2.45) is 0 Å². The molecule has 1 aliphatic rings. The van der Waals surface area contributed by atoms with Crippen LogP contribution in [-0.2, 0) is 6.42 Å². The van der Waals surface area contributed by atoms with Crippen molar-refractivity contribution in [3.63, 3.8) is 0 Å².